The van der Waals surface area contributed by atoms with Gasteiger partial charge in [-0.05, 0) is 13.0 Å². The zero-order chi connectivity index (χ0) is 16.8. The minimum Gasteiger partial charge on any atom is -0.394 e. The third-order valence-corrected chi connectivity index (χ3v) is 3.15. The molecule has 1 amide bonds. The second-order valence-electron chi connectivity index (χ2n) is 4.65. The van der Waals surface area contributed by atoms with Gasteiger partial charge in [0.15, 0.2) is 6.10 Å². The molecule has 1 fully saturated rings. The number of aliphatic hydroxyl groups excluding tert-OH is 4. The quantitative estimate of drug-likeness (QED) is 0.187. The molecule has 9 nitrogen and oxygen atoms in total. The number of amides is 1. The van der Waals surface area contributed by atoms with Crippen molar-refractivity contribution < 1.29 is 39.4 Å². The highest BCUT2D eigenvalue weighted by Crippen LogP contribution is 2.32. The van der Waals surface area contributed by atoms with E-state index in [2.05, 4.69) is 11.9 Å². The van der Waals surface area contributed by atoms with E-state index in [0.717, 1.165) is 6.08 Å². The van der Waals surface area contributed by atoms with E-state index in [9.17, 15) is 25.2 Å². The van der Waals surface area contributed by atoms with Crippen LogP contribution in [0, 0.1) is 0 Å². The molecule has 0 spiro atoms. The highest BCUT2D eigenvalue weighted by molar-refractivity contribution is 5.86. The van der Waals surface area contributed by atoms with Crippen LogP contribution in [0.25, 0.3) is 0 Å². The topological polar surface area (TPSA) is 138 Å². The molecule has 0 bridgehead atoms. The van der Waals surface area contributed by atoms with Gasteiger partial charge in [-0.25, -0.2) is 0 Å². The summed E-state index contributed by atoms with van der Waals surface area (Å²) in [4.78, 5) is 11.0. The van der Waals surface area contributed by atoms with Crippen LogP contribution in [0.4, 0.5) is 0 Å². The molecule has 5 atom stereocenters. The molecule has 22 heavy (non-hydrogen) atoms. The third-order valence-electron chi connectivity index (χ3n) is 3.15. The molecule has 1 rings (SSSR count). The maximum absolute atomic E-state index is 11.0. The number of nitrogens with one attached hydrogen (secondary N) is 1. The van der Waals surface area contributed by atoms with Crippen LogP contribution in [-0.4, -0.2) is 83.1 Å². The van der Waals surface area contributed by atoms with Crippen molar-refractivity contribution in [3.63, 3.8) is 0 Å². The van der Waals surface area contributed by atoms with Crippen molar-refractivity contribution in [2.24, 2.45) is 0 Å². The first kappa shape index (κ1) is 19.0. The first-order chi connectivity index (χ1) is 10.4. The van der Waals surface area contributed by atoms with Gasteiger partial charge in [-0.1, -0.05) is 6.58 Å². The number of carbonyl (C=O) groups is 1. The first-order valence-electron chi connectivity index (χ1n) is 6.92. The van der Waals surface area contributed by atoms with Crippen LogP contribution in [0.5, 0.6) is 0 Å². The average Bonchev–Trinajstić information content (AvgIpc) is 2.52. The molecule has 0 aromatic rings. The molecular formula is C13H23NO8. The molecule has 5 N–H and O–H groups in total. The van der Waals surface area contributed by atoms with Crippen LogP contribution < -0.4 is 5.32 Å². The highest BCUT2D eigenvalue weighted by Gasteiger charge is 2.55. The van der Waals surface area contributed by atoms with E-state index in [1.807, 2.05) is 0 Å². The van der Waals surface area contributed by atoms with Gasteiger partial charge in [-0.15, -0.1) is 0 Å². The molecule has 128 valence electrons. The highest BCUT2D eigenvalue weighted by atomic mass is 16.9. The van der Waals surface area contributed by atoms with E-state index in [-0.39, 0.29) is 19.8 Å². The Morgan fingerprint density at radius 2 is 2.05 bits per heavy atom. The number of aliphatic hydroxyl groups is 4. The monoisotopic (exact) mass is 321 g/mol. The Bertz CT molecular complexity index is 377. The fraction of sp³-hybridized carbons (Fsp3) is 0.769. The minimum atomic E-state index is -2.04. The second-order valence-corrected chi connectivity index (χ2v) is 4.65. The normalized spacial score (nSPS) is 35.1. The minimum absolute atomic E-state index is 0.0804. The van der Waals surface area contributed by atoms with Gasteiger partial charge in [-0.2, -0.15) is 0 Å². The Morgan fingerprint density at radius 1 is 1.36 bits per heavy atom. The lowest BCUT2D eigenvalue weighted by Crippen LogP contribution is -2.67. The lowest BCUT2D eigenvalue weighted by molar-refractivity contribution is -0.460. The van der Waals surface area contributed by atoms with Crippen LogP contribution >= 0.6 is 0 Å². The largest absolute Gasteiger partial charge is 0.394 e. The Hall–Kier alpha value is -1.07. The number of hydrogen-bond donors (Lipinski definition) is 5. The number of hydrogen-bond acceptors (Lipinski definition) is 8. The molecule has 0 aromatic carbocycles. The third kappa shape index (κ3) is 4.23. The predicted octanol–water partition coefficient (Wildman–Crippen LogP) is -2.53. The number of rotatable bonds is 8. The van der Waals surface area contributed by atoms with E-state index in [0.29, 0.717) is 0 Å². The molecule has 0 aliphatic carbocycles. The van der Waals surface area contributed by atoms with Crippen molar-refractivity contribution >= 4 is 5.91 Å². The summed E-state index contributed by atoms with van der Waals surface area (Å²) in [5.74, 6) is -2.44. The van der Waals surface area contributed by atoms with Crippen LogP contribution in [0.15, 0.2) is 12.7 Å². The maximum atomic E-state index is 11.0. The van der Waals surface area contributed by atoms with Crippen molar-refractivity contribution in [2.75, 3.05) is 26.4 Å². The zero-order valence-corrected chi connectivity index (χ0v) is 12.3. The molecular weight excluding hydrogens is 298 g/mol. The van der Waals surface area contributed by atoms with Crippen molar-refractivity contribution in [2.45, 2.75) is 37.3 Å². The number of ether oxygens (including phenoxy) is 3. The van der Waals surface area contributed by atoms with Crippen LogP contribution in [0.2, 0.25) is 0 Å². The van der Waals surface area contributed by atoms with E-state index in [1.54, 1.807) is 6.92 Å². The Kier molecular flexibility index (Phi) is 7.36. The Morgan fingerprint density at radius 3 is 2.59 bits per heavy atom. The lowest BCUT2D eigenvalue weighted by Gasteiger charge is -2.46. The molecule has 0 unspecified atom stereocenters. The second kappa shape index (κ2) is 8.53. The SMILES string of the molecule is C=CC(=O)NCCO[C@@]1(OCC)O[C@H](CO)[C@@H](O)[C@H](O)[C@H]1O. The molecule has 0 radical (unpaired) electrons. The average molecular weight is 321 g/mol. The fourth-order valence-electron chi connectivity index (χ4n) is 2.03. The number of carbonyl (C=O) groups excluding carboxylic acids is 1. The Labute approximate surface area is 128 Å². The van der Waals surface area contributed by atoms with Crippen LogP contribution in [0.3, 0.4) is 0 Å². The lowest BCUT2D eigenvalue weighted by atomic mass is 9.97. The van der Waals surface area contributed by atoms with Crippen LogP contribution in [-0.2, 0) is 19.0 Å². The van der Waals surface area contributed by atoms with Crippen LogP contribution in [0.1, 0.15) is 6.92 Å². The van der Waals surface area contributed by atoms with Gasteiger partial charge in [-0.3, -0.25) is 4.79 Å². The first-order valence-corrected chi connectivity index (χ1v) is 6.92. The van der Waals surface area contributed by atoms with Crippen molar-refractivity contribution in [3.05, 3.63) is 12.7 Å². The van der Waals surface area contributed by atoms with E-state index in [1.165, 1.54) is 0 Å². The van der Waals surface area contributed by atoms with Crippen molar-refractivity contribution in [1.82, 2.24) is 5.32 Å². The van der Waals surface area contributed by atoms with Crippen molar-refractivity contribution in [1.29, 1.82) is 0 Å². The molecule has 1 heterocycles. The summed E-state index contributed by atoms with van der Waals surface area (Å²) >= 11 is 0. The van der Waals surface area contributed by atoms with Gasteiger partial charge in [0, 0.05) is 13.2 Å². The van der Waals surface area contributed by atoms with Gasteiger partial charge in [0.05, 0.1) is 13.2 Å². The standard InChI is InChI=1S/C13H23NO8/c1-3-9(16)14-5-6-21-13(20-4-2)12(19)11(18)10(17)8(7-15)22-13/h3,8,10-12,15,17-19H,1,4-7H2,2H3,(H,14,16)/t8-,10-,11+,12-,13-/m1/s1. The van der Waals surface area contributed by atoms with Gasteiger partial charge >= 0.3 is 5.97 Å². The summed E-state index contributed by atoms with van der Waals surface area (Å²) in [6.45, 7) is 4.37. The molecule has 1 saturated heterocycles. The summed E-state index contributed by atoms with van der Waals surface area (Å²) in [7, 11) is 0. The smallest absolute Gasteiger partial charge is 0.313 e. The fourth-order valence-corrected chi connectivity index (χ4v) is 2.03. The van der Waals surface area contributed by atoms with Gasteiger partial charge in [0.25, 0.3) is 0 Å². The molecule has 0 saturated carbocycles. The Balaban J connectivity index is 2.75. The molecule has 9 heteroatoms. The summed E-state index contributed by atoms with van der Waals surface area (Å²) in [5.41, 5.74) is 0. The molecule has 1 aliphatic heterocycles. The summed E-state index contributed by atoms with van der Waals surface area (Å²) < 4.78 is 15.9. The van der Waals surface area contributed by atoms with E-state index >= 15 is 0 Å². The van der Waals surface area contributed by atoms with Gasteiger partial charge in [0.1, 0.15) is 18.3 Å². The maximum Gasteiger partial charge on any atom is 0.313 e. The summed E-state index contributed by atoms with van der Waals surface area (Å²) in [6.07, 6.45) is -4.91. The van der Waals surface area contributed by atoms with Gasteiger partial charge in [0.2, 0.25) is 5.91 Å². The molecule has 1 aliphatic rings. The van der Waals surface area contributed by atoms with E-state index in [4.69, 9.17) is 14.2 Å². The predicted molar refractivity (Wildman–Crippen MR) is 73.5 cm³/mol. The summed E-state index contributed by atoms with van der Waals surface area (Å²) in [6, 6.07) is 0. The van der Waals surface area contributed by atoms with Gasteiger partial charge < -0.3 is 40.0 Å². The van der Waals surface area contributed by atoms with E-state index < -0.39 is 42.9 Å². The summed E-state index contributed by atoms with van der Waals surface area (Å²) in [5, 5.41) is 41.3. The zero-order valence-electron chi connectivity index (χ0n) is 12.3. The molecule has 0 aromatic heterocycles. The van der Waals surface area contributed by atoms with Crippen molar-refractivity contribution in [3.8, 4) is 0 Å².